The first-order valence-corrected chi connectivity index (χ1v) is 7.35. The van der Waals surface area contributed by atoms with Gasteiger partial charge in [0, 0.05) is 6.04 Å². The zero-order valence-corrected chi connectivity index (χ0v) is 11.5. The summed E-state index contributed by atoms with van der Waals surface area (Å²) in [6, 6.07) is 0.498. The van der Waals surface area contributed by atoms with Crippen LogP contribution in [0.1, 0.15) is 63.7 Å². The van der Waals surface area contributed by atoms with Crippen LogP contribution < -0.4 is 0 Å². The van der Waals surface area contributed by atoms with Gasteiger partial charge in [0.15, 0.2) is 5.82 Å². The molecule has 1 aromatic heterocycles. The van der Waals surface area contributed by atoms with E-state index in [0.717, 1.165) is 31.5 Å². The Morgan fingerprint density at radius 1 is 1.42 bits per heavy atom. The van der Waals surface area contributed by atoms with Gasteiger partial charge in [0.1, 0.15) is 11.7 Å². The van der Waals surface area contributed by atoms with Gasteiger partial charge in [-0.05, 0) is 32.6 Å². The molecule has 0 radical (unpaired) electrons. The van der Waals surface area contributed by atoms with Crippen LogP contribution in [0, 0.1) is 0 Å². The van der Waals surface area contributed by atoms with Crippen LogP contribution in [0.5, 0.6) is 0 Å². The molecule has 2 aliphatic carbocycles. The molecule has 0 aliphatic heterocycles. The first-order chi connectivity index (χ1) is 9.28. The van der Waals surface area contributed by atoms with Crippen molar-refractivity contribution in [2.45, 2.75) is 63.3 Å². The predicted molar refractivity (Wildman–Crippen MR) is 69.7 cm³/mol. The largest absolute Gasteiger partial charge is 0.465 e. The molecule has 0 bridgehead atoms. The van der Waals surface area contributed by atoms with Crippen molar-refractivity contribution in [3.05, 3.63) is 12.2 Å². The zero-order chi connectivity index (χ0) is 13.3. The molecule has 0 atom stereocenters. The number of aromatic nitrogens is 3. The summed E-state index contributed by atoms with van der Waals surface area (Å²) in [6.07, 6.45) is 9.14. The third kappa shape index (κ3) is 2.15. The molecule has 5 nitrogen and oxygen atoms in total. The summed E-state index contributed by atoms with van der Waals surface area (Å²) in [7, 11) is 0. The summed E-state index contributed by atoms with van der Waals surface area (Å²) in [5.41, 5.74) is -0.548. The van der Waals surface area contributed by atoms with Crippen LogP contribution in [0.2, 0.25) is 0 Å². The summed E-state index contributed by atoms with van der Waals surface area (Å²) >= 11 is 0. The summed E-state index contributed by atoms with van der Waals surface area (Å²) in [5, 5.41) is 8.34. The van der Waals surface area contributed by atoms with Gasteiger partial charge in [0.05, 0.1) is 6.61 Å². The Bertz CT molecular complexity index is 459. The molecule has 0 saturated heterocycles. The molecule has 0 unspecified atom stereocenters. The van der Waals surface area contributed by atoms with E-state index in [1.54, 1.807) is 6.33 Å². The van der Waals surface area contributed by atoms with Gasteiger partial charge in [-0.25, -0.2) is 0 Å². The number of hydrogen-bond acceptors (Lipinski definition) is 4. The maximum Gasteiger partial charge on any atom is 0.319 e. The van der Waals surface area contributed by atoms with E-state index >= 15 is 0 Å². The highest BCUT2D eigenvalue weighted by atomic mass is 16.5. The smallest absolute Gasteiger partial charge is 0.319 e. The average Bonchev–Trinajstić information content (AvgIpc) is 3.17. The minimum absolute atomic E-state index is 0.107. The van der Waals surface area contributed by atoms with E-state index in [9.17, 15) is 4.79 Å². The molecule has 3 rings (SSSR count). The van der Waals surface area contributed by atoms with E-state index in [-0.39, 0.29) is 5.97 Å². The highest BCUT2D eigenvalue weighted by Gasteiger charge is 2.47. The Hall–Kier alpha value is -1.39. The maximum absolute atomic E-state index is 12.5. The van der Waals surface area contributed by atoms with Crippen LogP contribution in [-0.2, 0) is 14.9 Å². The van der Waals surface area contributed by atoms with Crippen molar-refractivity contribution in [2.24, 2.45) is 0 Å². The van der Waals surface area contributed by atoms with E-state index in [4.69, 9.17) is 4.74 Å². The van der Waals surface area contributed by atoms with Crippen molar-refractivity contribution in [3.8, 4) is 0 Å². The van der Waals surface area contributed by atoms with Gasteiger partial charge in [-0.15, -0.1) is 10.2 Å². The molecule has 0 aromatic carbocycles. The number of nitrogens with zero attached hydrogens (tertiary/aromatic N) is 3. The molecule has 5 heteroatoms. The molecular formula is C14H21N3O2. The molecule has 2 aliphatic rings. The van der Waals surface area contributed by atoms with E-state index in [2.05, 4.69) is 14.8 Å². The average molecular weight is 263 g/mol. The third-order valence-electron chi connectivity index (χ3n) is 4.31. The van der Waals surface area contributed by atoms with Crippen molar-refractivity contribution >= 4 is 5.97 Å². The topological polar surface area (TPSA) is 57.0 Å². The monoisotopic (exact) mass is 263 g/mol. The fourth-order valence-corrected chi connectivity index (χ4v) is 3.15. The van der Waals surface area contributed by atoms with E-state index < -0.39 is 5.41 Å². The minimum atomic E-state index is -0.548. The number of esters is 1. The standard InChI is InChI=1S/C14H21N3O2/c1-2-19-13(18)14(8-4-3-5-9-14)12-16-15-10-17(12)11-6-7-11/h10-11H,2-9H2,1H3. The van der Waals surface area contributed by atoms with Gasteiger partial charge in [0.25, 0.3) is 0 Å². The predicted octanol–water partition coefficient (Wildman–Crippen LogP) is 2.38. The van der Waals surface area contributed by atoms with Crippen molar-refractivity contribution in [1.82, 2.24) is 14.8 Å². The zero-order valence-electron chi connectivity index (χ0n) is 11.5. The number of carbonyl (C=O) groups excluding carboxylic acids is 1. The summed E-state index contributed by atoms with van der Waals surface area (Å²) in [4.78, 5) is 12.5. The number of hydrogen-bond donors (Lipinski definition) is 0. The summed E-state index contributed by atoms with van der Waals surface area (Å²) in [5.74, 6) is 0.734. The van der Waals surface area contributed by atoms with Crippen LogP contribution in [-0.4, -0.2) is 27.3 Å². The van der Waals surface area contributed by atoms with Crippen molar-refractivity contribution in [3.63, 3.8) is 0 Å². The van der Waals surface area contributed by atoms with Crippen LogP contribution in [0.3, 0.4) is 0 Å². The molecule has 1 heterocycles. The highest BCUT2D eigenvalue weighted by Crippen LogP contribution is 2.43. The highest BCUT2D eigenvalue weighted by molar-refractivity contribution is 5.82. The molecule has 0 amide bonds. The van der Waals surface area contributed by atoms with Crippen LogP contribution in [0.25, 0.3) is 0 Å². The summed E-state index contributed by atoms with van der Waals surface area (Å²) in [6.45, 7) is 2.29. The lowest BCUT2D eigenvalue weighted by atomic mass is 9.73. The summed E-state index contributed by atoms with van der Waals surface area (Å²) < 4.78 is 7.46. The van der Waals surface area contributed by atoms with E-state index in [0.29, 0.717) is 12.6 Å². The molecular weight excluding hydrogens is 242 g/mol. The second-order valence-electron chi connectivity index (χ2n) is 5.66. The van der Waals surface area contributed by atoms with Gasteiger partial charge >= 0.3 is 5.97 Å². The van der Waals surface area contributed by atoms with Crippen molar-refractivity contribution < 1.29 is 9.53 Å². The normalized spacial score (nSPS) is 22.2. The van der Waals surface area contributed by atoms with E-state index in [1.807, 2.05) is 6.92 Å². The van der Waals surface area contributed by atoms with Gasteiger partial charge in [-0.3, -0.25) is 4.79 Å². The minimum Gasteiger partial charge on any atom is -0.465 e. The van der Waals surface area contributed by atoms with Crippen molar-refractivity contribution in [1.29, 1.82) is 0 Å². The lowest BCUT2D eigenvalue weighted by molar-refractivity contribution is -0.152. The quantitative estimate of drug-likeness (QED) is 0.783. The van der Waals surface area contributed by atoms with E-state index in [1.165, 1.54) is 19.3 Å². The molecule has 2 fully saturated rings. The Kier molecular flexibility index (Phi) is 3.29. The van der Waals surface area contributed by atoms with Gasteiger partial charge in [0.2, 0.25) is 0 Å². The van der Waals surface area contributed by atoms with Crippen LogP contribution in [0.4, 0.5) is 0 Å². The molecule has 104 valence electrons. The third-order valence-corrected chi connectivity index (χ3v) is 4.31. The van der Waals surface area contributed by atoms with Gasteiger partial charge < -0.3 is 9.30 Å². The van der Waals surface area contributed by atoms with Gasteiger partial charge in [-0.2, -0.15) is 0 Å². The Balaban J connectivity index is 1.97. The SMILES string of the molecule is CCOC(=O)C1(c2nncn2C2CC2)CCCCC1. The Morgan fingerprint density at radius 2 is 2.16 bits per heavy atom. The Morgan fingerprint density at radius 3 is 2.79 bits per heavy atom. The number of carbonyl (C=O) groups is 1. The second-order valence-corrected chi connectivity index (χ2v) is 5.66. The fraction of sp³-hybridized carbons (Fsp3) is 0.786. The molecule has 0 N–H and O–H groups in total. The molecule has 1 aromatic rings. The molecule has 0 spiro atoms. The molecule has 19 heavy (non-hydrogen) atoms. The maximum atomic E-state index is 12.5. The number of rotatable bonds is 4. The lowest BCUT2D eigenvalue weighted by Gasteiger charge is -2.34. The molecule has 2 saturated carbocycles. The first-order valence-electron chi connectivity index (χ1n) is 7.35. The lowest BCUT2D eigenvalue weighted by Crippen LogP contribution is -2.41. The number of ether oxygens (including phenoxy) is 1. The first kappa shape index (κ1) is 12.6. The van der Waals surface area contributed by atoms with Crippen LogP contribution >= 0.6 is 0 Å². The van der Waals surface area contributed by atoms with Crippen LogP contribution in [0.15, 0.2) is 6.33 Å². The fourth-order valence-electron chi connectivity index (χ4n) is 3.15. The van der Waals surface area contributed by atoms with Crippen molar-refractivity contribution in [2.75, 3.05) is 6.61 Å². The van der Waals surface area contributed by atoms with Gasteiger partial charge in [-0.1, -0.05) is 19.3 Å². The Labute approximate surface area is 113 Å². The second kappa shape index (κ2) is 4.94.